The summed E-state index contributed by atoms with van der Waals surface area (Å²) in [6.45, 7) is 8.43. The second kappa shape index (κ2) is 12.3. The fourth-order valence-electron chi connectivity index (χ4n) is 6.73. The molecule has 1 spiro atoms. The largest absolute Gasteiger partial charge is 0.462 e. The third-order valence-corrected chi connectivity index (χ3v) is 9.18. The van der Waals surface area contributed by atoms with Gasteiger partial charge in [-0.25, -0.2) is 0 Å². The number of quaternary nitrogens is 1. The molecule has 1 unspecified atom stereocenters. The molecule has 40 heavy (non-hydrogen) atoms. The summed E-state index contributed by atoms with van der Waals surface area (Å²) in [4.78, 5) is 13.8. The SMILES string of the molecule is CCCCCCCCCCCC[N+](C)(C)Cc1cc([N+](=O)[O-])cc2c1OC1(C=C2)N(C)c2ccccc2C1(C)C. The summed E-state index contributed by atoms with van der Waals surface area (Å²) in [6, 6.07) is 11.8. The van der Waals surface area contributed by atoms with E-state index in [1.165, 1.54) is 63.4 Å². The summed E-state index contributed by atoms with van der Waals surface area (Å²) in [5.74, 6) is 0.773. The molecular formula is C34H50N3O3+. The minimum atomic E-state index is -0.706. The van der Waals surface area contributed by atoms with Gasteiger partial charge in [0.15, 0.2) is 0 Å². The van der Waals surface area contributed by atoms with E-state index in [0.717, 1.165) is 40.0 Å². The second-order valence-corrected chi connectivity index (χ2v) is 13.1. The average Bonchev–Trinajstić information content (AvgIpc) is 3.07. The molecule has 2 heterocycles. The van der Waals surface area contributed by atoms with Crippen molar-refractivity contribution in [2.24, 2.45) is 0 Å². The molecule has 0 aliphatic carbocycles. The van der Waals surface area contributed by atoms with Crippen LogP contribution < -0.4 is 9.64 Å². The predicted octanol–water partition coefficient (Wildman–Crippen LogP) is 8.62. The Morgan fingerprint density at radius 3 is 2.20 bits per heavy atom. The van der Waals surface area contributed by atoms with Gasteiger partial charge in [0.25, 0.3) is 5.69 Å². The van der Waals surface area contributed by atoms with Crippen LogP contribution in [-0.4, -0.2) is 42.8 Å². The first-order chi connectivity index (χ1) is 19.0. The number of nitro benzene ring substituents is 1. The van der Waals surface area contributed by atoms with E-state index in [-0.39, 0.29) is 16.0 Å². The van der Waals surface area contributed by atoms with E-state index < -0.39 is 5.72 Å². The van der Waals surface area contributed by atoms with Crippen LogP contribution in [0.25, 0.3) is 6.08 Å². The van der Waals surface area contributed by atoms with Crippen molar-refractivity contribution in [1.82, 2.24) is 0 Å². The Labute approximate surface area is 241 Å². The highest BCUT2D eigenvalue weighted by Gasteiger charge is 2.57. The third-order valence-electron chi connectivity index (χ3n) is 9.18. The summed E-state index contributed by atoms with van der Waals surface area (Å²) in [5, 5.41) is 11.9. The number of anilines is 1. The Kier molecular flexibility index (Phi) is 9.29. The first-order valence-electron chi connectivity index (χ1n) is 15.4. The van der Waals surface area contributed by atoms with E-state index in [2.05, 4.69) is 77.2 Å². The van der Waals surface area contributed by atoms with Gasteiger partial charge in [-0.15, -0.1) is 0 Å². The van der Waals surface area contributed by atoms with E-state index in [1.807, 2.05) is 6.08 Å². The highest BCUT2D eigenvalue weighted by atomic mass is 16.6. The van der Waals surface area contributed by atoms with Crippen LogP contribution in [0.4, 0.5) is 11.4 Å². The Bertz CT molecular complexity index is 1220. The normalized spacial score (nSPS) is 19.0. The number of hydrogen-bond donors (Lipinski definition) is 0. The summed E-state index contributed by atoms with van der Waals surface area (Å²) in [7, 11) is 6.54. The molecule has 0 bridgehead atoms. The molecule has 2 aromatic carbocycles. The third kappa shape index (κ3) is 6.07. The highest BCUT2D eigenvalue weighted by Crippen LogP contribution is 2.55. The van der Waals surface area contributed by atoms with E-state index in [0.29, 0.717) is 6.54 Å². The Morgan fingerprint density at radius 2 is 1.57 bits per heavy atom. The zero-order valence-electron chi connectivity index (χ0n) is 25.7. The number of benzene rings is 2. The van der Waals surface area contributed by atoms with Crippen molar-refractivity contribution >= 4 is 17.5 Å². The molecule has 218 valence electrons. The Morgan fingerprint density at radius 1 is 0.950 bits per heavy atom. The zero-order valence-corrected chi connectivity index (χ0v) is 25.7. The van der Waals surface area contributed by atoms with Gasteiger partial charge < -0.3 is 14.1 Å². The molecule has 0 saturated carbocycles. The fourth-order valence-corrected chi connectivity index (χ4v) is 6.73. The predicted molar refractivity (Wildman–Crippen MR) is 166 cm³/mol. The summed E-state index contributed by atoms with van der Waals surface area (Å²) >= 11 is 0. The van der Waals surface area contributed by atoms with Crippen molar-refractivity contribution in [2.45, 2.75) is 103 Å². The van der Waals surface area contributed by atoms with Crippen LogP contribution in [0, 0.1) is 10.1 Å². The number of fused-ring (bicyclic) bond motifs is 2. The Balaban J connectivity index is 1.47. The van der Waals surface area contributed by atoms with Gasteiger partial charge in [0.2, 0.25) is 5.72 Å². The topological polar surface area (TPSA) is 55.6 Å². The number of ether oxygens (including phenoxy) is 1. The van der Waals surface area contributed by atoms with Crippen LogP contribution in [0.2, 0.25) is 0 Å². The summed E-state index contributed by atoms with van der Waals surface area (Å²) in [6.07, 6.45) is 17.3. The molecule has 2 aliphatic rings. The van der Waals surface area contributed by atoms with Crippen molar-refractivity contribution in [3.05, 3.63) is 69.3 Å². The lowest BCUT2D eigenvalue weighted by molar-refractivity contribution is -0.903. The van der Waals surface area contributed by atoms with E-state index >= 15 is 0 Å². The van der Waals surface area contributed by atoms with Crippen LogP contribution in [0.5, 0.6) is 5.75 Å². The summed E-state index contributed by atoms with van der Waals surface area (Å²) in [5.41, 5.74) is 3.19. The highest BCUT2D eigenvalue weighted by molar-refractivity contribution is 5.73. The molecule has 1 atom stereocenters. The van der Waals surface area contributed by atoms with E-state index in [4.69, 9.17) is 4.74 Å². The lowest BCUT2D eigenvalue weighted by atomic mass is 9.76. The molecule has 0 N–H and O–H groups in total. The quantitative estimate of drug-likeness (QED) is 0.103. The number of non-ortho nitro benzene ring substituents is 1. The molecule has 0 aromatic heterocycles. The zero-order chi connectivity index (χ0) is 29.0. The standard InChI is InChI=1S/C34H50N3O3/c1-7-8-9-10-11-12-13-14-15-18-23-37(5,6)26-28-25-29(36(38)39)24-27-21-22-34(40-32(27)28)33(2,3)30-19-16-17-20-31(30)35(34)4/h16-17,19-22,24-25H,7-15,18,23,26H2,1-6H3/q+1. The number of para-hydroxylation sites is 1. The smallest absolute Gasteiger partial charge is 0.270 e. The maximum absolute atomic E-state index is 11.9. The van der Waals surface area contributed by atoms with Gasteiger partial charge in [-0.1, -0.05) is 76.5 Å². The maximum atomic E-state index is 11.9. The maximum Gasteiger partial charge on any atom is 0.270 e. The molecule has 0 radical (unpaired) electrons. The number of nitro groups is 1. The van der Waals surface area contributed by atoms with Crippen LogP contribution in [0.15, 0.2) is 42.5 Å². The van der Waals surface area contributed by atoms with Gasteiger partial charge in [0.1, 0.15) is 12.3 Å². The monoisotopic (exact) mass is 548 g/mol. The van der Waals surface area contributed by atoms with Crippen LogP contribution in [0.1, 0.15) is 102 Å². The molecule has 6 heteroatoms. The number of nitrogens with zero attached hydrogens (tertiary/aromatic N) is 3. The second-order valence-electron chi connectivity index (χ2n) is 13.1. The van der Waals surface area contributed by atoms with E-state index in [1.54, 1.807) is 12.1 Å². The van der Waals surface area contributed by atoms with Crippen molar-refractivity contribution in [2.75, 3.05) is 32.6 Å². The van der Waals surface area contributed by atoms with Gasteiger partial charge in [0, 0.05) is 30.4 Å². The molecule has 4 rings (SSSR count). The van der Waals surface area contributed by atoms with Gasteiger partial charge in [-0.05, 0) is 50.5 Å². The number of rotatable bonds is 14. The van der Waals surface area contributed by atoms with Crippen molar-refractivity contribution in [1.29, 1.82) is 0 Å². The minimum absolute atomic E-state index is 0.124. The Hall–Kier alpha value is -2.86. The molecule has 6 nitrogen and oxygen atoms in total. The van der Waals surface area contributed by atoms with Crippen molar-refractivity contribution in [3.63, 3.8) is 0 Å². The molecular weight excluding hydrogens is 498 g/mol. The van der Waals surface area contributed by atoms with Crippen LogP contribution in [-0.2, 0) is 12.0 Å². The van der Waals surface area contributed by atoms with Crippen LogP contribution in [0.3, 0.4) is 0 Å². The lowest BCUT2D eigenvalue weighted by Gasteiger charge is -2.46. The van der Waals surface area contributed by atoms with Crippen molar-refractivity contribution < 1.29 is 14.1 Å². The van der Waals surface area contributed by atoms with Crippen LogP contribution >= 0.6 is 0 Å². The fraction of sp³-hybridized carbons (Fsp3) is 0.588. The molecule has 0 saturated heterocycles. The summed E-state index contributed by atoms with van der Waals surface area (Å²) < 4.78 is 7.78. The minimum Gasteiger partial charge on any atom is -0.462 e. The lowest BCUT2D eigenvalue weighted by Crippen LogP contribution is -2.58. The first-order valence-corrected chi connectivity index (χ1v) is 15.4. The van der Waals surface area contributed by atoms with Gasteiger partial charge >= 0.3 is 0 Å². The first kappa shape index (κ1) is 30.1. The van der Waals surface area contributed by atoms with E-state index in [9.17, 15) is 10.1 Å². The molecule has 2 aliphatic heterocycles. The van der Waals surface area contributed by atoms with Gasteiger partial charge in [0.05, 0.1) is 36.5 Å². The number of unbranched alkanes of at least 4 members (excludes halogenated alkanes) is 9. The molecule has 0 amide bonds. The number of likely N-dealkylation sites (N-methyl/N-ethyl adjacent to an activating group) is 1. The molecule has 2 aromatic rings. The van der Waals surface area contributed by atoms with Gasteiger partial charge in [-0.3, -0.25) is 10.1 Å². The molecule has 0 fully saturated rings. The van der Waals surface area contributed by atoms with Crippen molar-refractivity contribution in [3.8, 4) is 5.75 Å². The number of hydrogen-bond acceptors (Lipinski definition) is 4. The van der Waals surface area contributed by atoms with Gasteiger partial charge in [-0.2, -0.15) is 0 Å². The average molecular weight is 549 g/mol.